The number of nitrogens with one attached hydrogen (secondary N) is 3. The summed E-state index contributed by atoms with van der Waals surface area (Å²) in [6.07, 6.45) is 0.553. The van der Waals surface area contributed by atoms with Crippen molar-refractivity contribution in [3.8, 4) is 0 Å². The molecule has 5 amide bonds. The van der Waals surface area contributed by atoms with E-state index in [1.807, 2.05) is 36.4 Å². The number of carbonyl (C=O) groups is 4. The molecule has 0 spiro atoms. The number of nitrogens with zero attached hydrogens (tertiary/aromatic N) is 1. The van der Waals surface area contributed by atoms with Gasteiger partial charge in [-0.25, -0.2) is 4.79 Å². The SMILES string of the molecule is CC(C)c1cccc(NC(=O)NCc2ccc3c(c2)C(=O)N(C2CCC(=O)NC2=O)C3)c1. The molecule has 3 N–H and O–H groups in total. The zero-order chi connectivity index (χ0) is 22.8. The predicted octanol–water partition coefficient (Wildman–Crippen LogP) is 2.89. The minimum absolute atomic E-state index is 0.223. The summed E-state index contributed by atoms with van der Waals surface area (Å²) in [7, 11) is 0. The summed E-state index contributed by atoms with van der Waals surface area (Å²) >= 11 is 0. The van der Waals surface area contributed by atoms with Crippen molar-refractivity contribution < 1.29 is 19.2 Å². The minimum Gasteiger partial charge on any atom is -0.334 e. The van der Waals surface area contributed by atoms with Crippen molar-refractivity contribution in [2.24, 2.45) is 0 Å². The van der Waals surface area contributed by atoms with E-state index >= 15 is 0 Å². The van der Waals surface area contributed by atoms with E-state index in [0.717, 1.165) is 22.4 Å². The van der Waals surface area contributed by atoms with Crippen molar-refractivity contribution >= 4 is 29.4 Å². The lowest BCUT2D eigenvalue weighted by Gasteiger charge is -2.29. The van der Waals surface area contributed by atoms with Crippen LogP contribution in [0.25, 0.3) is 0 Å². The summed E-state index contributed by atoms with van der Waals surface area (Å²) in [5.41, 5.74) is 4.00. The fourth-order valence-electron chi connectivity index (χ4n) is 4.04. The third-order valence-electron chi connectivity index (χ3n) is 5.86. The highest BCUT2D eigenvalue weighted by Crippen LogP contribution is 2.28. The van der Waals surface area contributed by atoms with Gasteiger partial charge in [-0.1, -0.05) is 38.1 Å². The van der Waals surface area contributed by atoms with Gasteiger partial charge in [0.1, 0.15) is 6.04 Å². The van der Waals surface area contributed by atoms with Crippen molar-refractivity contribution in [3.05, 3.63) is 64.7 Å². The number of hydrogen-bond donors (Lipinski definition) is 3. The number of amides is 5. The second-order valence-corrected chi connectivity index (χ2v) is 8.48. The Hall–Kier alpha value is -3.68. The zero-order valence-corrected chi connectivity index (χ0v) is 18.1. The van der Waals surface area contributed by atoms with Gasteiger partial charge in [-0.05, 0) is 47.2 Å². The fraction of sp³-hybridized carbons (Fsp3) is 0.333. The molecule has 0 radical (unpaired) electrons. The molecule has 0 bridgehead atoms. The van der Waals surface area contributed by atoms with Crippen LogP contribution in [0.15, 0.2) is 42.5 Å². The van der Waals surface area contributed by atoms with E-state index in [1.165, 1.54) is 4.90 Å². The number of anilines is 1. The van der Waals surface area contributed by atoms with Crippen LogP contribution >= 0.6 is 0 Å². The fourth-order valence-corrected chi connectivity index (χ4v) is 4.04. The average molecular weight is 434 g/mol. The zero-order valence-electron chi connectivity index (χ0n) is 18.1. The lowest BCUT2D eigenvalue weighted by atomic mass is 10.0. The number of rotatable bonds is 5. The number of urea groups is 1. The van der Waals surface area contributed by atoms with E-state index in [1.54, 1.807) is 6.07 Å². The maximum atomic E-state index is 12.9. The summed E-state index contributed by atoms with van der Waals surface area (Å²) in [5, 5.41) is 7.94. The van der Waals surface area contributed by atoms with E-state index in [4.69, 9.17) is 0 Å². The van der Waals surface area contributed by atoms with Crippen LogP contribution in [0.1, 0.15) is 59.7 Å². The molecule has 2 aromatic rings. The van der Waals surface area contributed by atoms with Crippen LogP contribution in [-0.2, 0) is 22.7 Å². The summed E-state index contributed by atoms with van der Waals surface area (Å²) < 4.78 is 0. The maximum Gasteiger partial charge on any atom is 0.319 e. The molecule has 4 rings (SSSR count). The van der Waals surface area contributed by atoms with Crippen LogP contribution in [0.4, 0.5) is 10.5 Å². The molecule has 166 valence electrons. The topological polar surface area (TPSA) is 108 Å². The van der Waals surface area contributed by atoms with Crippen LogP contribution in [0, 0.1) is 0 Å². The number of benzene rings is 2. The van der Waals surface area contributed by atoms with Gasteiger partial charge < -0.3 is 15.5 Å². The van der Waals surface area contributed by atoms with Gasteiger partial charge >= 0.3 is 6.03 Å². The summed E-state index contributed by atoms with van der Waals surface area (Å²) in [4.78, 5) is 50.3. The molecule has 8 nitrogen and oxygen atoms in total. The van der Waals surface area contributed by atoms with Crippen LogP contribution in [0.5, 0.6) is 0 Å². The highest BCUT2D eigenvalue weighted by Gasteiger charge is 2.39. The van der Waals surface area contributed by atoms with E-state index in [-0.39, 0.29) is 30.8 Å². The first-order chi connectivity index (χ1) is 15.3. The molecule has 2 heterocycles. The summed E-state index contributed by atoms with van der Waals surface area (Å²) in [6, 6.07) is 12.2. The van der Waals surface area contributed by atoms with Crippen molar-refractivity contribution in [1.82, 2.24) is 15.5 Å². The molecule has 2 aliphatic rings. The third-order valence-corrected chi connectivity index (χ3v) is 5.86. The molecule has 0 aromatic heterocycles. The highest BCUT2D eigenvalue weighted by atomic mass is 16.2. The standard InChI is InChI=1S/C24H26N4O4/c1-14(2)16-4-3-5-18(11-16)26-24(32)25-12-15-6-7-17-13-28(23(31)19(17)10-15)20-8-9-21(29)27-22(20)30/h3-7,10-11,14,20H,8-9,12-13H2,1-2H3,(H2,25,26,32)(H,27,29,30). The van der Waals surface area contributed by atoms with Crippen LogP contribution in [-0.4, -0.2) is 34.7 Å². The van der Waals surface area contributed by atoms with E-state index in [0.29, 0.717) is 24.4 Å². The van der Waals surface area contributed by atoms with E-state index < -0.39 is 11.9 Å². The Morgan fingerprint density at radius 1 is 1.16 bits per heavy atom. The third kappa shape index (κ3) is 4.49. The van der Waals surface area contributed by atoms with Gasteiger partial charge in [0, 0.05) is 30.8 Å². The molecule has 8 heteroatoms. The van der Waals surface area contributed by atoms with Gasteiger partial charge in [0.25, 0.3) is 5.91 Å². The molecular formula is C24H26N4O4. The van der Waals surface area contributed by atoms with Gasteiger partial charge in [-0.3, -0.25) is 19.7 Å². The number of carbonyl (C=O) groups excluding carboxylic acids is 4. The molecule has 32 heavy (non-hydrogen) atoms. The largest absolute Gasteiger partial charge is 0.334 e. The first-order valence-corrected chi connectivity index (χ1v) is 10.7. The number of hydrogen-bond acceptors (Lipinski definition) is 4. The van der Waals surface area contributed by atoms with Crippen LogP contribution < -0.4 is 16.0 Å². The van der Waals surface area contributed by atoms with Gasteiger partial charge in [-0.2, -0.15) is 0 Å². The Morgan fingerprint density at radius 2 is 1.97 bits per heavy atom. The van der Waals surface area contributed by atoms with Crippen LogP contribution in [0.2, 0.25) is 0 Å². The second kappa shape index (κ2) is 8.82. The van der Waals surface area contributed by atoms with Crippen molar-refractivity contribution in [2.45, 2.75) is 51.7 Å². The van der Waals surface area contributed by atoms with Crippen molar-refractivity contribution in [1.29, 1.82) is 0 Å². The number of imide groups is 1. The lowest BCUT2D eigenvalue weighted by Crippen LogP contribution is -2.52. The van der Waals surface area contributed by atoms with Gasteiger partial charge in [0.2, 0.25) is 11.8 Å². The molecule has 1 saturated heterocycles. The number of piperidine rings is 1. The molecule has 2 aromatic carbocycles. The smallest absolute Gasteiger partial charge is 0.319 e. The van der Waals surface area contributed by atoms with E-state index in [2.05, 4.69) is 29.8 Å². The summed E-state index contributed by atoms with van der Waals surface area (Å²) in [5.74, 6) is -0.602. The number of fused-ring (bicyclic) bond motifs is 1. The molecule has 1 fully saturated rings. The van der Waals surface area contributed by atoms with Gasteiger partial charge in [-0.15, -0.1) is 0 Å². The highest BCUT2D eigenvalue weighted by molar-refractivity contribution is 6.05. The Morgan fingerprint density at radius 3 is 2.72 bits per heavy atom. The average Bonchev–Trinajstić information content (AvgIpc) is 3.08. The first kappa shape index (κ1) is 21.5. The molecule has 0 saturated carbocycles. The molecule has 1 atom stereocenters. The Labute approximate surface area is 186 Å². The van der Waals surface area contributed by atoms with Crippen molar-refractivity contribution in [3.63, 3.8) is 0 Å². The molecular weight excluding hydrogens is 408 g/mol. The lowest BCUT2D eigenvalue weighted by molar-refractivity contribution is -0.136. The Kier molecular flexibility index (Phi) is 5.94. The van der Waals surface area contributed by atoms with Gasteiger partial charge in [0.05, 0.1) is 0 Å². The second-order valence-electron chi connectivity index (χ2n) is 8.48. The van der Waals surface area contributed by atoms with Crippen molar-refractivity contribution in [2.75, 3.05) is 5.32 Å². The minimum atomic E-state index is -0.637. The molecule has 0 aliphatic carbocycles. The maximum absolute atomic E-state index is 12.9. The normalized spacial score (nSPS) is 17.9. The Balaban J connectivity index is 1.37. The first-order valence-electron chi connectivity index (χ1n) is 10.7. The quantitative estimate of drug-likeness (QED) is 0.629. The van der Waals surface area contributed by atoms with Crippen LogP contribution in [0.3, 0.4) is 0 Å². The molecule has 1 unspecified atom stereocenters. The van der Waals surface area contributed by atoms with Gasteiger partial charge in [0.15, 0.2) is 0 Å². The summed E-state index contributed by atoms with van der Waals surface area (Å²) in [6.45, 7) is 4.78. The predicted molar refractivity (Wildman–Crippen MR) is 119 cm³/mol. The van der Waals surface area contributed by atoms with E-state index in [9.17, 15) is 19.2 Å². The molecule has 2 aliphatic heterocycles. The Bertz CT molecular complexity index is 1100. The monoisotopic (exact) mass is 434 g/mol.